The Morgan fingerprint density at radius 1 is 1.14 bits per heavy atom. The minimum Gasteiger partial charge on any atom is -0.353 e. The molecule has 2 aliphatic rings. The molecule has 0 radical (unpaired) electrons. The summed E-state index contributed by atoms with van der Waals surface area (Å²) in [6.07, 6.45) is 5.03. The molecule has 1 saturated carbocycles. The molecule has 0 spiro atoms. The first-order chi connectivity index (χ1) is 10.0. The van der Waals surface area contributed by atoms with Crippen LogP contribution in [0, 0.1) is 0 Å². The van der Waals surface area contributed by atoms with E-state index >= 15 is 0 Å². The lowest BCUT2D eigenvalue weighted by molar-refractivity contribution is -0.121. The van der Waals surface area contributed by atoms with Crippen molar-refractivity contribution >= 4 is 15.9 Å². The summed E-state index contributed by atoms with van der Waals surface area (Å²) < 4.78 is 25.5. The van der Waals surface area contributed by atoms with Crippen molar-refractivity contribution in [1.29, 1.82) is 0 Å². The maximum atomic E-state index is 12.0. The number of carbonyl (C=O) groups excluding carboxylic acids is 1. The molecular formula is C14H27N3O3S. The average molecular weight is 317 g/mol. The third-order valence-corrected chi connectivity index (χ3v) is 6.11. The standard InChI is InChI=1S/C14H27N3O3S/c1-2-11-21(19,20)17-9-6-13(7-10-17)16-14(18)5-8-15-12-3-4-12/h12-13,15H,2-11H2,1H3,(H,16,18). The molecule has 122 valence electrons. The van der Waals surface area contributed by atoms with E-state index in [4.69, 9.17) is 0 Å². The van der Waals surface area contributed by atoms with Crippen LogP contribution in [-0.2, 0) is 14.8 Å². The Balaban J connectivity index is 1.64. The number of sulfonamides is 1. The molecule has 1 heterocycles. The van der Waals surface area contributed by atoms with E-state index in [1.807, 2.05) is 6.92 Å². The molecule has 0 aromatic carbocycles. The summed E-state index contributed by atoms with van der Waals surface area (Å²) in [4.78, 5) is 11.8. The number of rotatable bonds is 8. The second-order valence-electron chi connectivity index (χ2n) is 6.04. The van der Waals surface area contributed by atoms with Crippen LogP contribution in [0.1, 0.15) is 45.4 Å². The van der Waals surface area contributed by atoms with Gasteiger partial charge in [0.25, 0.3) is 0 Å². The number of hydrogen-bond acceptors (Lipinski definition) is 4. The number of nitrogens with zero attached hydrogens (tertiary/aromatic N) is 1. The maximum Gasteiger partial charge on any atom is 0.221 e. The molecule has 1 aliphatic carbocycles. The summed E-state index contributed by atoms with van der Waals surface area (Å²) in [7, 11) is -3.09. The Bertz CT molecular complexity index is 440. The molecule has 21 heavy (non-hydrogen) atoms. The SMILES string of the molecule is CCCS(=O)(=O)N1CCC(NC(=O)CCNC2CC2)CC1. The van der Waals surface area contributed by atoms with Gasteiger partial charge >= 0.3 is 0 Å². The molecule has 0 bridgehead atoms. The van der Waals surface area contributed by atoms with Gasteiger partial charge in [-0.15, -0.1) is 0 Å². The zero-order chi connectivity index (χ0) is 15.3. The van der Waals surface area contributed by atoms with Crippen LogP contribution in [0.15, 0.2) is 0 Å². The van der Waals surface area contributed by atoms with Crippen molar-refractivity contribution in [3.05, 3.63) is 0 Å². The smallest absolute Gasteiger partial charge is 0.221 e. The highest BCUT2D eigenvalue weighted by Crippen LogP contribution is 2.18. The molecule has 2 fully saturated rings. The molecule has 7 heteroatoms. The van der Waals surface area contributed by atoms with Gasteiger partial charge in [-0.3, -0.25) is 4.79 Å². The van der Waals surface area contributed by atoms with Gasteiger partial charge in [-0.05, 0) is 32.1 Å². The summed E-state index contributed by atoms with van der Waals surface area (Å²) in [5.74, 6) is 0.287. The van der Waals surface area contributed by atoms with E-state index in [0.717, 1.165) is 6.54 Å². The van der Waals surface area contributed by atoms with Crippen LogP contribution in [0.25, 0.3) is 0 Å². The van der Waals surface area contributed by atoms with E-state index in [9.17, 15) is 13.2 Å². The molecule has 0 aromatic heterocycles. The topological polar surface area (TPSA) is 78.5 Å². The van der Waals surface area contributed by atoms with Gasteiger partial charge in [-0.1, -0.05) is 6.92 Å². The highest BCUT2D eigenvalue weighted by atomic mass is 32.2. The minimum absolute atomic E-state index is 0.0676. The largest absolute Gasteiger partial charge is 0.353 e. The van der Waals surface area contributed by atoms with Gasteiger partial charge < -0.3 is 10.6 Å². The van der Waals surface area contributed by atoms with Crippen molar-refractivity contribution in [2.75, 3.05) is 25.4 Å². The van der Waals surface area contributed by atoms with Crippen LogP contribution >= 0.6 is 0 Å². The Kier molecular flexibility index (Phi) is 6.01. The Labute approximate surface area is 127 Å². The molecule has 1 amide bonds. The van der Waals surface area contributed by atoms with Crippen LogP contribution in [0.2, 0.25) is 0 Å². The minimum atomic E-state index is -3.09. The summed E-state index contributed by atoms with van der Waals surface area (Å²) in [6, 6.07) is 0.747. The third kappa shape index (κ3) is 5.56. The van der Waals surface area contributed by atoms with Crippen LogP contribution in [0.4, 0.5) is 0 Å². The summed E-state index contributed by atoms with van der Waals surface area (Å²) >= 11 is 0. The third-order valence-electron chi connectivity index (χ3n) is 4.04. The van der Waals surface area contributed by atoms with Crippen LogP contribution in [-0.4, -0.2) is 56.1 Å². The molecule has 0 atom stereocenters. The normalized spacial score (nSPS) is 21.4. The maximum absolute atomic E-state index is 12.0. The van der Waals surface area contributed by atoms with E-state index in [2.05, 4.69) is 10.6 Å². The molecule has 0 unspecified atom stereocenters. The number of nitrogens with one attached hydrogen (secondary N) is 2. The van der Waals surface area contributed by atoms with E-state index in [-0.39, 0.29) is 17.7 Å². The summed E-state index contributed by atoms with van der Waals surface area (Å²) in [6.45, 7) is 3.65. The van der Waals surface area contributed by atoms with E-state index in [1.54, 1.807) is 4.31 Å². The van der Waals surface area contributed by atoms with Crippen molar-refractivity contribution in [2.24, 2.45) is 0 Å². The fraction of sp³-hybridized carbons (Fsp3) is 0.929. The zero-order valence-corrected chi connectivity index (χ0v) is 13.6. The van der Waals surface area contributed by atoms with Crippen molar-refractivity contribution in [2.45, 2.75) is 57.5 Å². The average Bonchev–Trinajstić information content (AvgIpc) is 3.23. The van der Waals surface area contributed by atoms with Crippen LogP contribution < -0.4 is 10.6 Å². The van der Waals surface area contributed by atoms with Crippen molar-refractivity contribution < 1.29 is 13.2 Å². The molecule has 2 rings (SSSR count). The van der Waals surface area contributed by atoms with Crippen molar-refractivity contribution in [1.82, 2.24) is 14.9 Å². The quantitative estimate of drug-likeness (QED) is 0.681. The molecule has 6 nitrogen and oxygen atoms in total. The number of amides is 1. The highest BCUT2D eigenvalue weighted by molar-refractivity contribution is 7.89. The van der Waals surface area contributed by atoms with Crippen molar-refractivity contribution in [3.8, 4) is 0 Å². The first-order valence-corrected chi connectivity index (χ1v) is 9.62. The van der Waals surface area contributed by atoms with E-state index in [0.29, 0.717) is 44.8 Å². The first-order valence-electron chi connectivity index (χ1n) is 8.02. The molecule has 0 aromatic rings. The lowest BCUT2D eigenvalue weighted by Gasteiger charge is -2.31. The first kappa shape index (κ1) is 16.7. The lowest BCUT2D eigenvalue weighted by Crippen LogP contribution is -2.47. The number of carbonyl (C=O) groups is 1. The zero-order valence-electron chi connectivity index (χ0n) is 12.8. The molecular weight excluding hydrogens is 290 g/mol. The monoisotopic (exact) mass is 317 g/mol. The van der Waals surface area contributed by atoms with Gasteiger partial charge in [0, 0.05) is 38.1 Å². The second kappa shape index (κ2) is 7.56. The van der Waals surface area contributed by atoms with Gasteiger partial charge in [-0.25, -0.2) is 12.7 Å². The van der Waals surface area contributed by atoms with Gasteiger partial charge in [-0.2, -0.15) is 0 Å². The molecule has 2 N–H and O–H groups in total. The predicted octanol–water partition coefficient (Wildman–Crippen LogP) is 0.449. The molecule has 1 saturated heterocycles. The molecule has 1 aliphatic heterocycles. The number of piperidine rings is 1. The van der Waals surface area contributed by atoms with Gasteiger partial charge in [0.05, 0.1) is 5.75 Å². The van der Waals surface area contributed by atoms with Crippen molar-refractivity contribution in [3.63, 3.8) is 0 Å². The Morgan fingerprint density at radius 3 is 2.38 bits per heavy atom. The van der Waals surface area contributed by atoms with Gasteiger partial charge in [0.15, 0.2) is 0 Å². The second-order valence-corrected chi connectivity index (χ2v) is 8.12. The van der Waals surface area contributed by atoms with Crippen LogP contribution in [0.5, 0.6) is 0 Å². The highest BCUT2D eigenvalue weighted by Gasteiger charge is 2.28. The lowest BCUT2D eigenvalue weighted by atomic mass is 10.1. The fourth-order valence-corrected chi connectivity index (χ4v) is 4.18. The Morgan fingerprint density at radius 2 is 1.81 bits per heavy atom. The van der Waals surface area contributed by atoms with E-state index in [1.165, 1.54) is 12.8 Å². The Hall–Kier alpha value is -0.660. The predicted molar refractivity (Wildman–Crippen MR) is 82.5 cm³/mol. The summed E-state index contributed by atoms with van der Waals surface area (Å²) in [5.41, 5.74) is 0. The van der Waals surface area contributed by atoms with Crippen LogP contribution in [0.3, 0.4) is 0 Å². The fourth-order valence-electron chi connectivity index (χ4n) is 2.64. The van der Waals surface area contributed by atoms with E-state index < -0.39 is 10.0 Å². The van der Waals surface area contributed by atoms with Gasteiger partial charge in [0.2, 0.25) is 15.9 Å². The van der Waals surface area contributed by atoms with Gasteiger partial charge in [0.1, 0.15) is 0 Å². The number of hydrogen-bond donors (Lipinski definition) is 2. The summed E-state index contributed by atoms with van der Waals surface area (Å²) in [5, 5.41) is 6.33.